The molecule has 0 bridgehead atoms. The molecule has 0 aromatic rings. The molecule has 0 saturated carbocycles. The van der Waals surface area contributed by atoms with Crippen LogP contribution in [0.2, 0.25) is 0 Å². The average molecular weight is 256 g/mol. The molecule has 0 radical (unpaired) electrons. The predicted molar refractivity (Wildman–Crippen MR) is 53.4 cm³/mol. The van der Waals surface area contributed by atoms with E-state index in [1.807, 2.05) is 0 Å². The van der Waals surface area contributed by atoms with Crippen LogP contribution in [-0.4, -0.2) is 54.2 Å². The van der Waals surface area contributed by atoms with Crippen molar-refractivity contribution >= 4 is 11.9 Å². The van der Waals surface area contributed by atoms with Crippen molar-refractivity contribution in [3.8, 4) is 0 Å². The summed E-state index contributed by atoms with van der Waals surface area (Å²) in [5.74, 6) is -2.02. The first kappa shape index (κ1) is 15.7. The minimum atomic E-state index is -4.53. The lowest BCUT2D eigenvalue weighted by molar-refractivity contribution is -0.155. The van der Waals surface area contributed by atoms with Gasteiger partial charge in [-0.2, -0.15) is 13.2 Å². The van der Waals surface area contributed by atoms with Gasteiger partial charge in [-0.3, -0.25) is 14.5 Å². The van der Waals surface area contributed by atoms with Crippen molar-refractivity contribution in [3.63, 3.8) is 0 Å². The number of carbonyl (C=O) groups is 2. The standard InChI is InChI=1S/C9H15F3N2O3/c1-2-3-13-7(15)4-14(5-8(16)17)6-9(10,11)12/h2-6H2,1H3,(H,13,15)(H,16,17). The topological polar surface area (TPSA) is 69.6 Å². The van der Waals surface area contributed by atoms with Crippen LogP contribution >= 0.6 is 0 Å². The van der Waals surface area contributed by atoms with Gasteiger partial charge < -0.3 is 10.4 Å². The molecule has 8 heteroatoms. The third-order valence-corrected chi connectivity index (χ3v) is 1.70. The van der Waals surface area contributed by atoms with Crippen molar-refractivity contribution in [3.05, 3.63) is 0 Å². The molecule has 0 aliphatic rings. The largest absolute Gasteiger partial charge is 0.480 e. The molecule has 0 aromatic carbocycles. The fraction of sp³-hybridized carbons (Fsp3) is 0.778. The maximum Gasteiger partial charge on any atom is 0.401 e. The Morgan fingerprint density at radius 3 is 2.29 bits per heavy atom. The van der Waals surface area contributed by atoms with Crippen LogP contribution in [0.5, 0.6) is 0 Å². The number of carbonyl (C=O) groups excluding carboxylic acids is 1. The van der Waals surface area contributed by atoms with Gasteiger partial charge in [0.1, 0.15) is 0 Å². The van der Waals surface area contributed by atoms with Crippen molar-refractivity contribution in [2.75, 3.05) is 26.2 Å². The quantitative estimate of drug-likeness (QED) is 0.694. The summed E-state index contributed by atoms with van der Waals surface area (Å²) >= 11 is 0. The molecule has 0 heterocycles. The minimum Gasteiger partial charge on any atom is -0.480 e. The molecular formula is C9H15F3N2O3. The second-order valence-electron chi connectivity index (χ2n) is 3.50. The second kappa shape index (κ2) is 7.10. The Kier molecular flexibility index (Phi) is 6.55. The Balaban J connectivity index is 4.28. The van der Waals surface area contributed by atoms with E-state index in [1.54, 1.807) is 6.92 Å². The molecule has 2 N–H and O–H groups in total. The number of carboxylic acid groups (broad SMARTS) is 1. The molecule has 17 heavy (non-hydrogen) atoms. The highest BCUT2D eigenvalue weighted by Gasteiger charge is 2.32. The number of nitrogens with one attached hydrogen (secondary N) is 1. The number of carboxylic acids is 1. The smallest absolute Gasteiger partial charge is 0.401 e. The Hall–Kier alpha value is -1.31. The van der Waals surface area contributed by atoms with Gasteiger partial charge in [0, 0.05) is 6.54 Å². The lowest BCUT2D eigenvalue weighted by atomic mass is 10.4. The number of nitrogens with zero attached hydrogens (tertiary/aromatic N) is 1. The molecule has 0 aromatic heterocycles. The molecule has 1 amide bonds. The molecule has 5 nitrogen and oxygen atoms in total. The minimum absolute atomic E-state index is 0.353. The fourth-order valence-electron chi connectivity index (χ4n) is 1.14. The van der Waals surface area contributed by atoms with Crippen molar-refractivity contribution in [2.24, 2.45) is 0 Å². The second-order valence-corrected chi connectivity index (χ2v) is 3.50. The van der Waals surface area contributed by atoms with Crippen molar-refractivity contribution in [1.82, 2.24) is 10.2 Å². The van der Waals surface area contributed by atoms with E-state index in [2.05, 4.69) is 5.32 Å². The summed E-state index contributed by atoms with van der Waals surface area (Å²) in [4.78, 5) is 22.1. The van der Waals surface area contributed by atoms with E-state index in [9.17, 15) is 22.8 Å². The summed E-state index contributed by atoms with van der Waals surface area (Å²) in [6.07, 6.45) is -3.87. The number of aliphatic carboxylic acids is 1. The summed E-state index contributed by atoms with van der Waals surface area (Å²) in [5.41, 5.74) is 0. The van der Waals surface area contributed by atoms with E-state index < -0.39 is 37.7 Å². The lowest BCUT2D eigenvalue weighted by Gasteiger charge is -2.20. The highest BCUT2D eigenvalue weighted by Crippen LogP contribution is 2.16. The van der Waals surface area contributed by atoms with E-state index >= 15 is 0 Å². The van der Waals surface area contributed by atoms with Crippen LogP contribution < -0.4 is 5.32 Å². The van der Waals surface area contributed by atoms with Crippen LogP contribution in [0.1, 0.15) is 13.3 Å². The third-order valence-electron chi connectivity index (χ3n) is 1.70. The molecule has 0 aliphatic heterocycles. The maximum absolute atomic E-state index is 12.1. The molecule has 0 fully saturated rings. The third kappa shape index (κ3) is 9.61. The highest BCUT2D eigenvalue weighted by molar-refractivity contribution is 5.79. The summed E-state index contributed by atoms with van der Waals surface area (Å²) in [6.45, 7) is -0.666. The molecule has 0 saturated heterocycles. The number of hydrogen-bond donors (Lipinski definition) is 2. The van der Waals surface area contributed by atoms with Crippen LogP contribution in [0.4, 0.5) is 13.2 Å². The first-order valence-electron chi connectivity index (χ1n) is 5.02. The average Bonchev–Trinajstić information content (AvgIpc) is 2.10. The van der Waals surface area contributed by atoms with Crippen LogP contribution in [0.3, 0.4) is 0 Å². The van der Waals surface area contributed by atoms with E-state index in [1.165, 1.54) is 0 Å². The molecule has 0 unspecified atom stereocenters. The SMILES string of the molecule is CCCNC(=O)CN(CC(=O)O)CC(F)(F)F. The Labute approximate surface area is 96.6 Å². The Bertz CT molecular complexity index is 269. The van der Waals surface area contributed by atoms with E-state index in [0.717, 1.165) is 0 Å². The summed E-state index contributed by atoms with van der Waals surface area (Å²) in [5, 5.41) is 10.8. The first-order chi connectivity index (χ1) is 7.74. The number of halogens is 3. The van der Waals surface area contributed by atoms with Gasteiger partial charge in [-0.25, -0.2) is 0 Å². The number of amides is 1. The van der Waals surface area contributed by atoms with Crippen LogP contribution in [0.15, 0.2) is 0 Å². The Morgan fingerprint density at radius 2 is 1.88 bits per heavy atom. The van der Waals surface area contributed by atoms with Gasteiger partial charge in [0.2, 0.25) is 5.91 Å². The maximum atomic E-state index is 12.1. The molecular weight excluding hydrogens is 241 g/mol. The highest BCUT2D eigenvalue weighted by atomic mass is 19.4. The first-order valence-corrected chi connectivity index (χ1v) is 5.02. The lowest BCUT2D eigenvalue weighted by Crippen LogP contribution is -2.44. The molecule has 0 atom stereocenters. The van der Waals surface area contributed by atoms with Gasteiger partial charge in [-0.1, -0.05) is 6.92 Å². The zero-order chi connectivity index (χ0) is 13.5. The summed E-state index contributed by atoms with van der Waals surface area (Å²) in [6, 6.07) is 0. The number of rotatable bonds is 7. The monoisotopic (exact) mass is 256 g/mol. The van der Waals surface area contributed by atoms with E-state index in [-0.39, 0.29) is 0 Å². The van der Waals surface area contributed by atoms with Crippen molar-refractivity contribution in [1.29, 1.82) is 0 Å². The van der Waals surface area contributed by atoms with Crippen molar-refractivity contribution in [2.45, 2.75) is 19.5 Å². The van der Waals surface area contributed by atoms with Crippen LogP contribution in [-0.2, 0) is 9.59 Å². The predicted octanol–water partition coefficient (Wildman–Crippen LogP) is 0.461. The van der Waals surface area contributed by atoms with Crippen molar-refractivity contribution < 1.29 is 27.9 Å². The zero-order valence-electron chi connectivity index (χ0n) is 9.38. The van der Waals surface area contributed by atoms with Gasteiger partial charge in [0.05, 0.1) is 19.6 Å². The van der Waals surface area contributed by atoms with Gasteiger partial charge in [-0.05, 0) is 6.42 Å². The van der Waals surface area contributed by atoms with Gasteiger partial charge >= 0.3 is 12.1 Å². The number of alkyl halides is 3. The summed E-state index contributed by atoms with van der Waals surface area (Å²) < 4.78 is 36.3. The molecule has 0 rings (SSSR count). The summed E-state index contributed by atoms with van der Waals surface area (Å²) in [7, 11) is 0. The van der Waals surface area contributed by atoms with E-state index in [4.69, 9.17) is 5.11 Å². The van der Waals surface area contributed by atoms with Crippen LogP contribution in [0.25, 0.3) is 0 Å². The Morgan fingerprint density at radius 1 is 1.29 bits per heavy atom. The van der Waals surface area contributed by atoms with Crippen LogP contribution in [0, 0.1) is 0 Å². The number of hydrogen-bond acceptors (Lipinski definition) is 3. The normalized spacial score (nSPS) is 11.6. The van der Waals surface area contributed by atoms with Gasteiger partial charge in [-0.15, -0.1) is 0 Å². The van der Waals surface area contributed by atoms with Gasteiger partial charge in [0.15, 0.2) is 0 Å². The fourth-order valence-corrected chi connectivity index (χ4v) is 1.14. The zero-order valence-corrected chi connectivity index (χ0v) is 9.38. The molecule has 100 valence electrons. The molecule has 0 spiro atoms. The van der Waals surface area contributed by atoms with E-state index in [0.29, 0.717) is 17.9 Å². The van der Waals surface area contributed by atoms with Gasteiger partial charge in [0.25, 0.3) is 0 Å². The molecule has 0 aliphatic carbocycles.